The number of aryl methyl sites for hydroxylation is 1. The number of anilines is 1. The molecule has 0 bridgehead atoms. The molecule has 0 fully saturated rings. The summed E-state index contributed by atoms with van der Waals surface area (Å²) >= 11 is 0. The minimum absolute atomic E-state index is 0.251. The Bertz CT molecular complexity index is 1150. The standard InChI is InChI=1S/C30H39N3O/c1-8-17-30(18-9-2,26-19-32(7)27-16-11-10-13-25(26)27)20-33(29(31)34)28-23(21(3)4)14-12-15-24(28)22(5)6/h8-16,19,21-22H,1-2,17-18,20H2,3-7H3,(H2,31,34). The Labute approximate surface area is 204 Å². The number of benzene rings is 2. The van der Waals surface area contributed by atoms with Crippen LogP contribution >= 0.6 is 0 Å². The molecule has 4 nitrogen and oxygen atoms in total. The van der Waals surface area contributed by atoms with Gasteiger partial charge in [0.25, 0.3) is 0 Å². The van der Waals surface area contributed by atoms with Gasteiger partial charge >= 0.3 is 6.03 Å². The van der Waals surface area contributed by atoms with Gasteiger partial charge in [0.15, 0.2) is 0 Å². The fourth-order valence-corrected chi connectivity index (χ4v) is 5.23. The predicted octanol–water partition coefficient (Wildman–Crippen LogP) is 7.40. The summed E-state index contributed by atoms with van der Waals surface area (Å²) in [6, 6.07) is 14.3. The van der Waals surface area contributed by atoms with Gasteiger partial charge in [-0.1, -0.05) is 76.2 Å². The van der Waals surface area contributed by atoms with E-state index in [0.717, 1.165) is 22.3 Å². The van der Waals surface area contributed by atoms with E-state index in [1.165, 1.54) is 10.9 Å². The van der Waals surface area contributed by atoms with Crippen LogP contribution in [0, 0.1) is 0 Å². The highest BCUT2D eigenvalue weighted by atomic mass is 16.2. The number of carbonyl (C=O) groups is 1. The normalized spacial score (nSPS) is 11.9. The first-order chi connectivity index (χ1) is 16.2. The van der Waals surface area contributed by atoms with E-state index in [2.05, 4.69) is 101 Å². The van der Waals surface area contributed by atoms with Gasteiger partial charge in [-0.05, 0) is 47.4 Å². The number of para-hydroxylation sites is 2. The first-order valence-corrected chi connectivity index (χ1v) is 12.1. The molecule has 0 atom stereocenters. The van der Waals surface area contributed by atoms with Gasteiger partial charge in [0.1, 0.15) is 0 Å². The van der Waals surface area contributed by atoms with Crippen LogP contribution in [0.5, 0.6) is 0 Å². The number of nitrogens with zero attached hydrogens (tertiary/aromatic N) is 2. The Kier molecular flexibility index (Phi) is 7.71. The number of hydrogen-bond donors (Lipinski definition) is 1. The molecule has 4 heteroatoms. The van der Waals surface area contributed by atoms with Gasteiger partial charge in [0, 0.05) is 36.1 Å². The van der Waals surface area contributed by atoms with Gasteiger partial charge in [-0.15, -0.1) is 13.2 Å². The Morgan fingerprint density at radius 3 is 2.06 bits per heavy atom. The van der Waals surface area contributed by atoms with Crippen molar-refractivity contribution in [3.8, 4) is 0 Å². The third-order valence-electron chi connectivity index (χ3n) is 6.88. The number of aromatic nitrogens is 1. The molecule has 1 heterocycles. The third-order valence-corrected chi connectivity index (χ3v) is 6.88. The number of nitrogens with two attached hydrogens (primary N) is 1. The summed E-state index contributed by atoms with van der Waals surface area (Å²) in [5.74, 6) is 0.502. The van der Waals surface area contributed by atoms with Crippen LogP contribution in [0.25, 0.3) is 10.9 Å². The Morgan fingerprint density at radius 2 is 1.56 bits per heavy atom. The molecule has 0 spiro atoms. The quantitative estimate of drug-likeness (QED) is 0.317. The average molecular weight is 458 g/mol. The van der Waals surface area contributed by atoms with E-state index in [9.17, 15) is 4.79 Å². The molecule has 0 aliphatic carbocycles. The SMILES string of the molecule is C=CCC(CC=C)(CN(C(N)=O)c1c(C(C)C)cccc1C(C)C)c1cn(C)c2ccccc12. The molecule has 2 amide bonds. The average Bonchev–Trinajstić information content (AvgIpc) is 3.14. The lowest BCUT2D eigenvalue weighted by Gasteiger charge is -2.39. The van der Waals surface area contributed by atoms with Crippen LogP contribution in [-0.4, -0.2) is 17.1 Å². The summed E-state index contributed by atoms with van der Waals surface area (Å²) in [6.07, 6.45) is 7.47. The molecular weight excluding hydrogens is 418 g/mol. The van der Waals surface area contributed by atoms with E-state index >= 15 is 0 Å². The number of amides is 2. The van der Waals surface area contributed by atoms with Crippen LogP contribution < -0.4 is 10.6 Å². The van der Waals surface area contributed by atoms with Crippen molar-refractivity contribution in [3.63, 3.8) is 0 Å². The van der Waals surface area contributed by atoms with Crippen LogP contribution in [0.1, 0.15) is 69.1 Å². The third kappa shape index (κ3) is 4.68. The fourth-order valence-electron chi connectivity index (χ4n) is 5.23. The summed E-state index contributed by atoms with van der Waals surface area (Å²) in [5.41, 5.74) is 11.3. The minimum atomic E-state index is -0.437. The van der Waals surface area contributed by atoms with E-state index in [1.807, 2.05) is 12.2 Å². The number of urea groups is 1. The molecule has 0 radical (unpaired) electrons. The molecular formula is C30H39N3O. The lowest BCUT2D eigenvalue weighted by atomic mass is 9.74. The lowest BCUT2D eigenvalue weighted by Crippen LogP contribution is -2.47. The summed E-state index contributed by atoms with van der Waals surface area (Å²) in [4.78, 5) is 14.9. The predicted molar refractivity (Wildman–Crippen MR) is 146 cm³/mol. The van der Waals surface area contributed by atoms with Crippen molar-refractivity contribution in [2.75, 3.05) is 11.4 Å². The van der Waals surface area contributed by atoms with E-state index in [1.54, 1.807) is 4.90 Å². The molecule has 0 aliphatic rings. The second kappa shape index (κ2) is 10.3. The second-order valence-electron chi connectivity index (χ2n) is 9.96. The molecule has 2 aromatic carbocycles. The fraction of sp³-hybridized carbons (Fsp3) is 0.367. The minimum Gasteiger partial charge on any atom is -0.351 e. The Balaban J connectivity index is 2.29. The van der Waals surface area contributed by atoms with Crippen LogP contribution in [0.15, 0.2) is 74.0 Å². The highest BCUT2D eigenvalue weighted by molar-refractivity contribution is 5.94. The molecule has 0 aliphatic heterocycles. The zero-order chi connectivity index (χ0) is 25.0. The monoisotopic (exact) mass is 457 g/mol. The summed E-state index contributed by atoms with van der Waals surface area (Å²) in [6.45, 7) is 17.2. The smallest absolute Gasteiger partial charge is 0.319 e. The van der Waals surface area contributed by atoms with E-state index in [0.29, 0.717) is 19.4 Å². The number of primary amides is 1. The molecule has 2 N–H and O–H groups in total. The summed E-state index contributed by atoms with van der Waals surface area (Å²) < 4.78 is 2.15. The zero-order valence-corrected chi connectivity index (χ0v) is 21.3. The largest absolute Gasteiger partial charge is 0.351 e. The van der Waals surface area contributed by atoms with Gasteiger partial charge in [-0.3, -0.25) is 4.90 Å². The number of allylic oxidation sites excluding steroid dienone is 2. The topological polar surface area (TPSA) is 51.3 Å². The van der Waals surface area contributed by atoms with Crippen molar-refractivity contribution in [1.82, 2.24) is 4.57 Å². The highest BCUT2D eigenvalue weighted by Crippen LogP contribution is 2.42. The van der Waals surface area contributed by atoms with Crippen LogP contribution in [-0.2, 0) is 12.5 Å². The molecule has 0 unspecified atom stereocenters. The van der Waals surface area contributed by atoms with E-state index in [-0.39, 0.29) is 11.8 Å². The molecule has 3 aromatic rings. The van der Waals surface area contributed by atoms with Gasteiger partial charge in [-0.25, -0.2) is 4.79 Å². The number of rotatable bonds is 10. The molecule has 1 aromatic heterocycles. The maximum Gasteiger partial charge on any atom is 0.319 e. The Hall–Kier alpha value is -3.27. The molecule has 0 saturated heterocycles. The van der Waals surface area contributed by atoms with Gasteiger partial charge < -0.3 is 10.3 Å². The molecule has 3 rings (SSSR count). The maximum absolute atomic E-state index is 13.1. The van der Waals surface area contributed by atoms with Crippen molar-refractivity contribution >= 4 is 22.6 Å². The van der Waals surface area contributed by atoms with Crippen LogP contribution in [0.4, 0.5) is 10.5 Å². The van der Waals surface area contributed by atoms with Gasteiger partial charge in [-0.2, -0.15) is 0 Å². The number of carbonyl (C=O) groups excluding carboxylic acids is 1. The first-order valence-electron chi connectivity index (χ1n) is 12.1. The first kappa shape index (κ1) is 25.4. The summed E-state index contributed by atoms with van der Waals surface area (Å²) in [5, 5.41) is 1.18. The second-order valence-corrected chi connectivity index (χ2v) is 9.96. The van der Waals surface area contributed by atoms with Crippen LogP contribution in [0.3, 0.4) is 0 Å². The number of hydrogen-bond acceptors (Lipinski definition) is 1. The van der Waals surface area contributed by atoms with Crippen molar-refractivity contribution in [3.05, 3.63) is 90.7 Å². The van der Waals surface area contributed by atoms with Crippen molar-refractivity contribution in [1.29, 1.82) is 0 Å². The molecule has 0 saturated carbocycles. The molecule has 180 valence electrons. The number of fused-ring (bicyclic) bond motifs is 1. The van der Waals surface area contributed by atoms with Crippen LogP contribution in [0.2, 0.25) is 0 Å². The zero-order valence-electron chi connectivity index (χ0n) is 21.3. The Morgan fingerprint density at radius 1 is 1.00 bits per heavy atom. The van der Waals surface area contributed by atoms with Crippen molar-refractivity contribution in [2.45, 2.75) is 57.8 Å². The molecule has 34 heavy (non-hydrogen) atoms. The van der Waals surface area contributed by atoms with Crippen molar-refractivity contribution in [2.24, 2.45) is 12.8 Å². The van der Waals surface area contributed by atoms with Gasteiger partial charge in [0.05, 0.1) is 5.69 Å². The van der Waals surface area contributed by atoms with Gasteiger partial charge in [0.2, 0.25) is 0 Å². The van der Waals surface area contributed by atoms with E-state index in [4.69, 9.17) is 5.73 Å². The van der Waals surface area contributed by atoms with Crippen molar-refractivity contribution < 1.29 is 4.79 Å². The maximum atomic E-state index is 13.1. The highest BCUT2D eigenvalue weighted by Gasteiger charge is 2.37. The summed E-state index contributed by atoms with van der Waals surface area (Å²) in [7, 11) is 2.06. The lowest BCUT2D eigenvalue weighted by molar-refractivity contribution is 0.251. The van der Waals surface area contributed by atoms with E-state index < -0.39 is 11.4 Å².